The summed E-state index contributed by atoms with van der Waals surface area (Å²) in [5.74, 6) is 0.215. The molecule has 0 saturated carbocycles. The number of carbonyl (C=O) groups is 1. The lowest BCUT2D eigenvalue weighted by Crippen LogP contribution is -2.34. The van der Waals surface area contributed by atoms with Crippen LogP contribution in [0.1, 0.15) is 37.0 Å². The Bertz CT molecular complexity index is 447. The van der Waals surface area contributed by atoms with E-state index < -0.39 is 0 Å². The number of rotatable bonds is 6. The number of benzene rings is 1. The number of alkyl halides is 1. The zero-order valence-corrected chi connectivity index (χ0v) is 12.7. The van der Waals surface area contributed by atoms with Gasteiger partial charge in [-0.05, 0) is 36.5 Å². The first-order valence-corrected chi connectivity index (χ1v) is 7.10. The molecule has 5 heteroatoms. The Morgan fingerprint density at radius 1 is 1.42 bits per heavy atom. The van der Waals surface area contributed by atoms with Crippen molar-refractivity contribution in [3.05, 3.63) is 28.8 Å². The molecule has 1 aromatic carbocycles. The highest BCUT2D eigenvalue weighted by Gasteiger charge is 2.19. The summed E-state index contributed by atoms with van der Waals surface area (Å²) in [6.07, 6.45) is 1.85. The topological polar surface area (TPSA) is 49.3 Å². The van der Waals surface area contributed by atoms with Crippen molar-refractivity contribution in [2.75, 3.05) is 12.4 Å². The third-order valence-electron chi connectivity index (χ3n) is 2.92. The average Bonchev–Trinajstić information content (AvgIpc) is 2.34. The number of phenolic OH excluding ortho intramolecular Hbond substituents is 1. The monoisotopic (exact) mass is 303 g/mol. The quantitative estimate of drug-likeness (QED) is 0.785. The minimum atomic E-state index is -0.298. The van der Waals surface area contributed by atoms with Crippen LogP contribution in [0, 0.1) is 5.41 Å². The fourth-order valence-electron chi connectivity index (χ4n) is 1.75. The van der Waals surface area contributed by atoms with Crippen LogP contribution in [0.4, 0.5) is 0 Å². The maximum atomic E-state index is 12.0. The molecule has 0 spiro atoms. The Balaban J connectivity index is 2.60. The summed E-state index contributed by atoms with van der Waals surface area (Å²) >= 11 is 11.4. The second-order valence-electron chi connectivity index (χ2n) is 5.30. The highest BCUT2D eigenvalue weighted by atomic mass is 35.5. The predicted molar refractivity (Wildman–Crippen MR) is 79.2 cm³/mol. The van der Waals surface area contributed by atoms with Crippen molar-refractivity contribution < 1.29 is 9.90 Å². The summed E-state index contributed by atoms with van der Waals surface area (Å²) in [7, 11) is 0. The van der Waals surface area contributed by atoms with Crippen LogP contribution in [0.15, 0.2) is 18.2 Å². The van der Waals surface area contributed by atoms with E-state index in [-0.39, 0.29) is 22.6 Å². The SMILES string of the molecule is CC(C)(CCCCl)CNC(=O)c1ccc(Cl)cc1O. The number of amides is 1. The minimum absolute atomic E-state index is 0.0212. The molecular formula is C14H19Cl2NO2. The fourth-order valence-corrected chi connectivity index (χ4v) is 2.05. The first-order chi connectivity index (χ1) is 8.85. The molecule has 0 aliphatic carbocycles. The van der Waals surface area contributed by atoms with Crippen LogP contribution in [0.25, 0.3) is 0 Å². The molecule has 1 amide bonds. The van der Waals surface area contributed by atoms with Crippen molar-refractivity contribution in [3.63, 3.8) is 0 Å². The molecule has 1 rings (SSSR count). The smallest absolute Gasteiger partial charge is 0.255 e. The summed E-state index contributed by atoms with van der Waals surface area (Å²) in [6, 6.07) is 4.45. The Hall–Kier alpha value is -0.930. The minimum Gasteiger partial charge on any atom is -0.507 e. The zero-order valence-electron chi connectivity index (χ0n) is 11.2. The predicted octanol–water partition coefficient (Wildman–Crippen LogP) is 3.82. The number of carbonyl (C=O) groups excluding carboxylic acids is 1. The number of phenols is 1. The van der Waals surface area contributed by atoms with Crippen LogP contribution >= 0.6 is 23.2 Å². The number of nitrogens with one attached hydrogen (secondary N) is 1. The van der Waals surface area contributed by atoms with Crippen molar-refractivity contribution in [3.8, 4) is 5.75 Å². The molecule has 0 aliphatic rings. The Labute approximate surface area is 123 Å². The molecule has 0 heterocycles. The lowest BCUT2D eigenvalue weighted by atomic mass is 9.88. The first-order valence-electron chi connectivity index (χ1n) is 6.18. The summed E-state index contributed by atoms with van der Waals surface area (Å²) in [5, 5.41) is 12.9. The van der Waals surface area contributed by atoms with Gasteiger partial charge in [0.25, 0.3) is 5.91 Å². The second-order valence-corrected chi connectivity index (χ2v) is 6.12. The highest BCUT2D eigenvalue weighted by molar-refractivity contribution is 6.30. The molecular weight excluding hydrogens is 285 g/mol. The number of hydrogen-bond donors (Lipinski definition) is 2. The van der Waals surface area contributed by atoms with Crippen LogP contribution in [-0.4, -0.2) is 23.4 Å². The first kappa shape index (κ1) is 16.1. The van der Waals surface area contributed by atoms with Crippen LogP contribution < -0.4 is 5.32 Å². The van der Waals surface area contributed by atoms with Crippen LogP contribution in [-0.2, 0) is 0 Å². The lowest BCUT2D eigenvalue weighted by Gasteiger charge is -2.24. The van der Waals surface area contributed by atoms with Gasteiger partial charge >= 0.3 is 0 Å². The Morgan fingerprint density at radius 3 is 2.68 bits per heavy atom. The molecule has 0 aromatic heterocycles. The van der Waals surface area contributed by atoms with E-state index in [1.54, 1.807) is 6.07 Å². The van der Waals surface area contributed by atoms with Gasteiger partial charge in [0.15, 0.2) is 0 Å². The fraction of sp³-hybridized carbons (Fsp3) is 0.500. The van der Waals surface area contributed by atoms with Gasteiger partial charge in [-0.1, -0.05) is 25.4 Å². The summed E-state index contributed by atoms with van der Waals surface area (Å²) < 4.78 is 0. The van der Waals surface area contributed by atoms with Gasteiger partial charge in [-0.15, -0.1) is 11.6 Å². The van der Waals surface area contributed by atoms with Crippen LogP contribution in [0.5, 0.6) is 5.75 Å². The van der Waals surface area contributed by atoms with Crippen molar-refractivity contribution in [1.82, 2.24) is 5.32 Å². The molecule has 1 aromatic rings. The van der Waals surface area contributed by atoms with Crippen molar-refractivity contribution in [2.45, 2.75) is 26.7 Å². The molecule has 0 aliphatic heterocycles. The van der Waals surface area contributed by atoms with E-state index in [0.717, 1.165) is 12.8 Å². The van der Waals surface area contributed by atoms with E-state index in [1.807, 2.05) is 0 Å². The zero-order chi connectivity index (χ0) is 14.5. The van der Waals surface area contributed by atoms with E-state index in [0.29, 0.717) is 17.4 Å². The molecule has 0 unspecified atom stereocenters. The van der Waals surface area contributed by atoms with E-state index in [2.05, 4.69) is 19.2 Å². The molecule has 0 bridgehead atoms. The summed E-state index contributed by atoms with van der Waals surface area (Å²) in [4.78, 5) is 12.0. The maximum Gasteiger partial charge on any atom is 0.255 e. The molecule has 2 N–H and O–H groups in total. The van der Waals surface area contributed by atoms with E-state index in [9.17, 15) is 9.90 Å². The standard InChI is InChI=1S/C14H19Cl2NO2/c1-14(2,6-3-7-15)9-17-13(19)11-5-4-10(16)8-12(11)18/h4-5,8,18H,3,6-7,9H2,1-2H3,(H,17,19). The third kappa shape index (κ3) is 5.29. The van der Waals surface area contributed by atoms with Gasteiger partial charge in [0.2, 0.25) is 0 Å². The third-order valence-corrected chi connectivity index (χ3v) is 3.42. The van der Waals surface area contributed by atoms with E-state index in [4.69, 9.17) is 23.2 Å². The van der Waals surface area contributed by atoms with E-state index in [1.165, 1.54) is 12.1 Å². The van der Waals surface area contributed by atoms with Crippen LogP contribution in [0.2, 0.25) is 5.02 Å². The van der Waals surface area contributed by atoms with Gasteiger partial charge in [-0.3, -0.25) is 4.79 Å². The number of halogens is 2. The maximum absolute atomic E-state index is 12.0. The summed E-state index contributed by atoms with van der Waals surface area (Å²) in [5.41, 5.74) is 0.213. The van der Waals surface area contributed by atoms with Gasteiger partial charge in [0.05, 0.1) is 5.56 Å². The van der Waals surface area contributed by atoms with Gasteiger partial charge in [0, 0.05) is 17.4 Å². The Kier molecular flexibility index (Phi) is 5.95. The van der Waals surface area contributed by atoms with Gasteiger partial charge in [0.1, 0.15) is 5.75 Å². The molecule has 0 saturated heterocycles. The second kappa shape index (κ2) is 7.01. The van der Waals surface area contributed by atoms with E-state index >= 15 is 0 Å². The molecule has 3 nitrogen and oxygen atoms in total. The lowest BCUT2D eigenvalue weighted by molar-refractivity contribution is 0.0932. The van der Waals surface area contributed by atoms with Gasteiger partial charge in [-0.25, -0.2) is 0 Å². The highest BCUT2D eigenvalue weighted by Crippen LogP contribution is 2.24. The molecule has 19 heavy (non-hydrogen) atoms. The number of hydrogen-bond acceptors (Lipinski definition) is 2. The number of aromatic hydroxyl groups is 1. The molecule has 0 fully saturated rings. The summed E-state index contributed by atoms with van der Waals surface area (Å²) in [6.45, 7) is 4.67. The molecule has 0 atom stereocenters. The normalized spacial score (nSPS) is 11.4. The Morgan fingerprint density at radius 2 is 2.11 bits per heavy atom. The molecule has 106 valence electrons. The molecule has 0 radical (unpaired) electrons. The van der Waals surface area contributed by atoms with Gasteiger partial charge < -0.3 is 10.4 Å². The van der Waals surface area contributed by atoms with Crippen molar-refractivity contribution in [1.29, 1.82) is 0 Å². The van der Waals surface area contributed by atoms with Crippen molar-refractivity contribution in [2.24, 2.45) is 5.41 Å². The average molecular weight is 304 g/mol. The largest absolute Gasteiger partial charge is 0.507 e. The van der Waals surface area contributed by atoms with Crippen molar-refractivity contribution >= 4 is 29.1 Å². The van der Waals surface area contributed by atoms with Crippen LogP contribution in [0.3, 0.4) is 0 Å². The van der Waals surface area contributed by atoms with Gasteiger partial charge in [-0.2, -0.15) is 0 Å².